The molecule has 3 aromatic rings. The molecule has 0 aliphatic carbocycles. The standard InChI is InChI=1S/C20H13F3N4O2S3/c1-2-6-27-17(29)13(15(28)24-18(27)30)10-14-16(25-19-26(14)7-8-31-19)32-12-5-3-4-11(9-12)20(21,22)23/h2-5,7-10H,1,6H2,(H,24,28,30)/b13-10+. The van der Waals surface area contributed by atoms with Crippen molar-refractivity contribution in [3.63, 3.8) is 0 Å². The van der Waals surface area contributed by atoms with E-state index in [1.807, 2.05) is 0 Å². The third-order valence-electron chi connectivity index (χ3n) is 4.42. The van der Waals surface area contributed by atoms with Crippen LogP contribution in [-0.4, -0.2) is 37.8 Å². The summed E-state index contributed by atoms with van der Waals surface area (Å²) in [7, 11) is 0. The van der Waals surface area contributed by atoms with E-state index in [1.54, 1.807) is 16.0 Å². The van der Waals surface area contributed by atoms with Crippen molar-refractivity contribution in [2.45, 2.75) is 16.1 Å². The second kappa shape index (κ2) is 8.52. The summed E-state index contributed by atoms with van der Waals surface area (Å²) in [6.07, 6.45) is 0.0742. The van der Waals surface area contributed by atoms with Gasteiger partial charge in [-0.3, -0.25) is 24.2 Å². The van der Waals surface area contributed by atoms with Crippen LogP contribution in [0.4, 0.5) is 13.2 Å². The number of imidazole rings is 1. The number of alkyl halides is 3. The van der Waals surface area contributed by atoms with Crippen LogP contribution >= 0.6 is 35.3 Å². The number of nitrogens with one attached hydrogen (secondary N) is 1. The first kappa shape index (κ1) is 22.2. The highest BCUT2D eigenvalue weighted by Gasteiger charge is 2.34. The zero-order valence-corrected chi connectivity index (χ0v) is 18.5. The molecule has 1 fully saturated rings. The number of hydrogen-bond donors (Lipinski definition) is 1. The Balaban J connectivity index is 1.77. The summed E-state index contributed by atoms with van der Waals surface area (Å²) in [5, 5.41) is 4.56. The van der Waals surface area contributed by atoms with Gasteiger partial charge in [0.15, 0.2) is 10.1 Å². The first-order chi connectivity index (χ1) is 15.2. The molecule has 2 aromatic heterocycles. The highest BCUT2D eigenvalue weighted by Crippen LogP contribution is 2.36. The summed E-state index contributed by atoms with van der Waals surface area (Å²) in [5.74, 6) is -1.26. The predicted octanol–water partition coefficient (Wildman–Crippen LogP) is 4.38. The summed E-state index contributed by atoms with van der Waals surface area (Å²) in [6, 6.07) is 4.86. The molecule has 6 nitrogen and oxygen atoms in total. The summed E-state index contributed by atoms with van der Waals surface area (Å²) in [5.41, 5.74) is -0.549. The molecule has 1 aromatic carbocycles. The SMILES string of the molecule is C=CCN1C(=O)/C(=C/c2c(Sc3cccc(C(F)(F)F)c3)nc3sccn23)C(=O)NC1=S. The van der Waals surface area contributed by atoms with Gasteiger partial charge in [-0.05, 0) is 36.5 Å². The molecule has 1 aliphatic heterocycles. The van der Waals surface area contributed by atoms with Crippen molar-refractivity contribution in [3.05, 3.63) is 65.3 Å². The Bertz CT molecular complexity index is 1290. The van der Waals surface area contributed by atoms with Gasteiger partial charge in [0.2, 0.25) is 0 Å². The van der Waals surface area contributed by atoms with E-state index in [0.717, 1.165) is 23.9 Å². The molecule has 1 saturated heterocycles. The van der Waals surface area contributed by atoms with Gasteiger partial charge in [0.1, 0.15) is 10.6 Å². The molecule has 0 bridgehead atoms. The lowest BCUT2D eigenvalue weighted by atomic mass is 10.1. The minimum Gasteiger partial charge on any atom is -0.298 e. The lowest BCUT2D eigenvalue weighted by molar-refractivity contribution is -0.137. The van der Waals surface area contributed by atoms with Crippen LogP contribution in [0.15, 0.2) is 64.0 Å². The van der Waals surface area contributed by atoms with Crippen LogP contribution in [0.3, 0.4) is 0 Å². The Morgan fingerprint density at radius 2 is 2.09 bits per heavy atom. The first-order valence-electron chi connectivity index (χ1n) is 8.99. The van der Waals surface area contributed by atoms with Crippen molar-refractivity contribution in [1.82, 2.24) is 19.6 Å². The van der Waals surface area contributed by atoms with Gasteiger partial charge >= 0.3 is 6.18 Å². The summed E-state index contributed by atoms with van der Waals surface area (Å²) in [6.45, 7) is 3.69. The number of thiocarbonyl (C=S) groups is 1. The van der Waals surface area contributed by atoms with Crippen molar-refractivity contribution in [3.8, 4) is 0 Å². The van der Waals surface area contributed by atoms with Crippen molar-refractivity contribution in [1.29, 1.82) is 0 Å². The molecule has 32 heavy (non-hydrogen) atoms. The van der Waals surface area contributed by atoms with Gasteiger partial charge in [0.05, 0.1) is 11.3 Å². The van der Waals surface area contributed by atoms with E-state index >= 15 is 0 Å². The molecule has 1 N–H and O–H groups in total. The number of thiazole rings is 1. The van der Waals surface area contributed by atoms with E-state index in [1.165, 1.54) is 40.5 Å². The average Bonchev–Trinajstić information content (AvgIpc) is 3.30. The first-order valence-corrected chi connectivity index (χ1v) is 11.1. The van der Waals surface area contributed by atoms with Crippen LogP contribution in [0.2, 0.25) is 0 Å². The quantitative estimate of drug-likeness (QED) is 0.247. The molecular weight excluding hydrogens is 481 g/mol. The Morgan fingerprint density at radius 3 is 2.81 bits per heavy atom. The molecule has 2 amide bonds. The highest BCUT2D eigenvalue weighted by molar-refractivity contribution is 7.99. The van der Waals surface area contributed by atoms with Crippen molar-refractivity contribution in [2.24, 2.45) is 0 Å². The van der Waals surface area contributed by atoms with E-state index in [4.69, 9.17) is 12.2 Å². The number of halogens is 3. The third-order valence-corrected chi connectivity index (χ3v) is 6.48. The van der Waals surface area contributed by atoms with Gasteiger partial charge in [-0.15, -0.1) is 17.9 Å². The number of aromatic nitrogens is 2. The second-order valence-corrected chi connectivity index (χ2v) is 8.83. The minimum atomic E-state index is -4.48. The molecule has 12 heteroatoms. The third kappa shape index (κ3) is 4.20. The number of fused-ring (bicyclic) bond motifs is 1. The summed E-state index contributed by atoms with van der Waals surface area (Å²) in [4.78, 5) is 31.9. The molecule has 1 aliphatic rings. The van der Waals surface area contributed by atoms with Crippen LogP contribution in [0, 0.1) is 0 Å². The van der Waals surface area contributed by atoms with E-state index in [0.29, 0.717) is 20.6 Å². The fourth-order valence-corrected chi connectivity index (χ4v) is 4.94. The van der Waals surface area contributed by atoms with Crippen LogP contribution in [-0.2, 0) is 15.8 Å². The Morgan fingerprint density at radius 1 is 1.31 bits per heavy atom. The van der Waals surface area contributed by atoms with Crippen LogP contribution in [0.25, 0.3) is 11.0 Å². The number of hydrogen-bond acceptors (Lipinski definition) is 6. The Hall–Kier alpha value is -2.96. The lowest BCUT2D eigenvalue weighted by Crippen LogP contribution is -2.53. The number of amides is 2. The maximum Gasteiger partial charge on any atom is 0.416 e. The fourth-order valence-electron chi connectivity index (χ4n) is 2.96. The van der Waals surface area contributed by atoms with Gasteiger partial charge in [0.25, 0.3) is 11.8 Å². The predicted molar refractivity (Wildman–Crippen MR) is 119 cm³/mol. The van der Waals surface area contributed by atoms with Crippen molar-refractivity contribution < 1.29 is 22.8 Å². The Kier molecular flexibility index (Phi) is 5.93. The van der Waals surface area contributed by atoms with E-state index in [9.17, 15) is 22.8 Å². The number of nitrogens with zero attached hydrogens (tertiary/aromatic N) is 3. The van der Waals surface area contributed by atoms with Gasteiger partial charge in [-0.2, -0.15) is 13.2 Å². The van der Waals surface area contributed by atoms with Crippen molar-refractivity contribution >= 4 is 63.3 Å². The molecule has 0 saturated carbocycles. The molecule has 0 radical (unpaired) electrons. The van der Waals surface area contributed by atoms with Crippen LogP contribution < -0.4 is 5.32 Å². The molecule has 0 unspecified atom stereocenters. The normalized spacial score (nSPS) is 16.2. The fraction of sp³-hybridized carbons (Fsp3) is 0.100. The maximum atomic E-state index is 13.1. The molecule has 0 spiro atoms. The number of rotatable bonds is 5. The number of carbonyl (C=O) groups excluding carboxylic acids is 2. The zero-order valence-electron chi connectivity index (χ0n) is 16.0. The lowest BCUT2D eigenvalue weighted by Gasteiger charge is -2.27. The largest absolute Gasteiger partial charge is 0.416 e. The van der Waals surface area contributed by atoms with Crippen molar-refractivity contribution in [2.75, 3.05) is 6.54 Å². The highest BCUT2D eigenvalue weighted by atomic mass is 32.2. The molecular formula is C20H13F3N4O2S3. The van der Waals surface area contributed by atoms with E-state index in [2.05, 4.69) is 16.9 Å². The molecule has 164 valence electrons. The van der Waals surface area contributed by atoms with Gasteiger partial charge in [0, 0.05) is 23.0 Å². The Labute approximate surface area is 193 Å². The smallest absolute Gasteiger partial charge is 0.298 e. The summed E-state index contributed by atoms with van der Waals surface area (Å²) < 4.78 is 40.9. The number of benzene rings is 1. The average molecular weight is 495 g/mol. The number of carbonyl (C=O) groups is 2. The van der Waals surface area contributed by atoms with Gasteiger partial charge in [-0.1, -0.05) is 23.9 Å². The van der Waals surface area contributed by atoms with E-state index < -0.39 is 23.6 Å². The summed E-state index contributed by atoms with van der Waals surface area (Å²) >= 11 is 7.37. The monoisotopic (exact) mass is 494 g/mol. The molecule has 0 atom stereocenters. The van der Waals surface area contributed by atoms with Gasteiger partial charge < -0.3 is 0 Å². The zero-order chi connectivity index (χ0) is 23.0. The van der Waals surface area contributed by atoms with Crippen LogP contribution in [0.1, 0.15) is 11.3 Å². The van der Waals surface area contributed by atoms with E-state index in [-0.39, 0.29) is 17.2 Å². The van der Waals surface area contributed by atoms with Crippen LogP contribution in [0.5, 0.6) is 0 Å². The topological polar surface area (TPSA) is 66.7 Å². The molecule has 4 rings (SSSR count). The maximum absolute atomic E-state index is 13.1. The van der Waals surface area contributed by atoms with Gasteiger partial charge in [-0.25, -0.2) is 4.98 Å². The minimum absolute atomic E-state index is 0.0235. The second-order valence-electron chi connectivity index (χ2n) is 6.51. The molecule has 3 heterocycles.